The number of fused-ring (bicyclic) bond motifs is 1. The summed E-state index contributed by atoms with van der Waals surface area (Å²) in [4.78, 5) is 10.8. The number of hydrogen-bond donors (Lipinski definition) is 1. The molecule has 1 N–H and O–H groups in total. The number of rotatable bonds is 3. The van der Waals surface area contributed by atoms with Crippen LogP contribution < -0.4 is 5.32 Å². The van der Waals surface area contributed by atoms with Gasteiger partial charge in [0.1, 0.15) is 10.6 Å². The van der Waals surface area contributed by atoms with Crippen LogP contribution in [-0.4, -0.2) is 29.2 Å². The molecular formula is C14H18ClN3OS. The highest BCUT2D eigenvalue weighted by Crippen LogP contribution is 2.44. The highest BCUT2D eigenvalue weighted by atomic mass is 35.5. The maximum atomic E-state index is 6.02. The number of halogens is 1. The standard InChI is InChI=1S/C14H18ClN3OS/c1-7-5-8-11(17-13(15)18-12(8)20-7)16-9-6-10(19-4)14(9,2)3/h5,9-10H,6H2,1-4H3,(H,16,17,18). The van der Waals surface area contributed by atoms with Crippen LogP contribution in [0.15, 0.2) is 6.07 Å². The fourth-order valence-electron chi connectivity index (χ4n) is 2.82. The van der Waals surface area contributed by atoms with Crippen molar-refractivity contribution in [2.24, 2.45) is 5.41 Å². The first kappa shape index (κ1) is 14.0. The summed E-state index contributed by atoms with van der Waals surface area (Å²) in [7, 11) is 1.77. The molecule has 2 unspecified atom stereocenters. The second-order valence-electron chi connectivity index (χ2n) is 5.90. The topological polar surface area (TPSA) is 47.0 Å². The van der Waals surface area contributed by atoms with Crippen molar-refractivity contribution in [3.05, 3.63) is 16.2 Å². The van der Waals surface area contributed by atoms with Crippen molar-refractivity contribution in [2.75, 3.05) is 12.4 Å². The maximum Gasteiger partial charge on any atom is 0.225 e. The number of anilines is 1. The summed E-state index contributed by atoms with van der Waals surface area (Å²) < 4.78 is 5.49. The Morgan fingerprint density at radius 3 is 2.85 bits per heavy atom. The SMILES string of the molecule is COC1CC(Nc2nc(Cl)nc3sc(C)cc23)C1(C)C. The van der Waals surface area contributed by atoms with Crippen molar-refractivity contribution >= 4 is 39.0 Å². The van der Waals surface area contributed by atoms with E-state index in [1.807, 2.05) is 0 Å². The summed E-state index contributed by atoms with van der Waals surface area (Å²) in [5.41, 5.74) is 0.0869. The zero-order chi connectivity index (χ0) is 14.5. The van der Waals surface area contributed by atoms with Gasteiger partial charge in [0, 0.05) is 23.4 Å². The Labute approximate surface area is 127 Å². The van der Waals surface area contributed by atoms with Gasteiger partial charge in [-0.2, -0.15) is 0 Å². The number of hydrogen-bond acceptors (Lipinski definition) is 5. The third-order valence-corrected chi connectivity index (χ3v) is 5.38. The van der Waals surface area contributed by atoms with E-state index in [-0.39, 0.29) is 11.5 Å². The van der Waals surface area contributed by atoms with Crippen molar-refractivity contribution in [3.63, 3.8) is 0 Å². The van der Waals surface area contributed by atoms with E-state index in [2.05, 4.69) is 42.1 Å². The van der Waals surface area contributed by atoms with Crippen molar-refractivity contribution in [1.29, 1.82) is 0 Å². The molecule has 0 saturated heterocycles. The predicted molar refractivity (Wildman–Crippen MR) is 83.8 cm³/mol. The normalized spacial score (nSPS) is 24.6. The van der Waals surface area contributed by atoms with Gasteiger partial charge in [0.05, 0.1) is 11.5 Å². The minimum atomic E-state index is 0.0869. The van der Waals surface area contributed by atoms with Crippen LogP contribution in [0.1, 0.15) is 25.1 Å². The van der Waals surface area contributed by atoms with Crippen LogP contribution in [0.25, 0.3) is 10.2 Å². The minimum absolute atomic E-state index is 0.0869. The van der Waals surface area contributed by atoms with Gasteiger partial charge in [-0.3, -0.25) is 0 Å². The third kappa shape index (κ3) is 2.18. The van der Waals surface area contributed by atoms with Crippen molar-refractivity contribution in [1.82, 2.24) is 9.97 Å². The lowest BCUT2D eigenvalue weighted by molar-refractivity contribution is -0.0795. The second-order valence-corrected chi connectivity index (χ2v) is 7.47. The van der Waals surface area contributed by atoms with E-state index in [4.69, 9.17) is 16.3 Å². The Morgan fingerprint density at radius 1 is 1.45 bits per heavy atom. The molecule has 0 amide bonds. The van der Waals surface area contributed by atoms with Gasteiger partial charge in [-0.05, 0) is 31.0 Å². The van der Waals surface area contributed by atoms with Gasteiger partial charge in [0.15, 0.2) is 0 Å². The van der Waals surface area contributed by atoms with Gasteiger partial charge in [0.2, 0.25) is 5.28 Å². The average Bonchev–Trinajstić information content (AvgIpc) is 2.73. The van der Waals surface area contributed by atoms with Gasteiger partial charge in [0.25, 0.3) is 0 Å². The second kappa shape index (κ2) is 4.83. The van der Waals surface area contributed by atoms with Crippen molar-refractivity contribution in [2.45, 2.75) is 39.3 Å². The van der Waals surface area contributed by atoms with Gasteiger partial charge >= 0.3 is 0 Å². The highest BCUT2D eigenvalue weighted by molar-refractivity contribution is 7.18. The van der Waals surface area contributed by atoms with E-state index >= 15 is 0 Å². The number of nitrogens with zero attached hydrogens (tertiary/aromatic N) is 2. The molecule has 1 fully saturated rings. The van der Waals surface area contributed by atoms with E-state index in [0.29, 0.717) is 11.3 Å². The molecule has 0 spiro atoms. The summed E-state index contributed by atoms with van der Waals surface area (Å²) in [6.07, 6.45) is 1.27. The molecule has 2 atom stereocenters. The molecule has 0 bridgehead atoms. The van der Waals surface area contributed by atoms with Crippen LogP contribution >= 0.6 is 22.9 Å². The lowest BCUT2D eigenvalue weighted by Gasteiger charge is -2.51. The van der Waals surface area contributed by atoms with Crippen LogP contribution in [0.3, 0.4) is 0 Å². The van der Waals surface area contributed by atoms with Crippen LogP contribution in [0, 0.1) is 12.3 Å². The molecule has 108 valence electrons. The number of methoxy groups -OCH3 is 1. The maximum absolute atomic E-state index is 6.02. The monoisotopic (exact) mass is 311 g/mol. The Kier molecular flexibility index (Phi) is 3.39. The molecule has 2 heterocycles. The zero-order valence-electron chi connectivity index (χ0n) is 12.0. The minimum Gasteiger partial charge on any atom is -0.381 e. The fourth-order valence-corrected chi connectivity index (χ4v) is 3.92. The number of thiophene rings is 1. The molecule has 2 aromatic rings. The lowest BCUT2D eigenvalue weighted by Crippen LogP contribution is -2.57. The summed E-state index contributed by atoms with van der Waals surface area (Å²) in [6, 6.07) is 2.44. The number of aromatic nitrogens is 2. The van der Waals surface area contributed by atoms with Crippen LogP contribution in [0.4, 0.5) is 5.82 Å². The summed E-state index contributed by atoms with van der Waals surface area (Å²) in [5.74, 6) is 0.831. The molecule has 1 saturated carbocycles. The molecule has 2 aromatic heterocycles. The first-order valence-electron chi connectivity index (χ1n) is 6.65. The summed E-state index contributed by atoms with van der Waals surface area (Å²) in [6.45, 7) is 6.49. The van der Waals surface area contributed by atoms with Crippen LogP contribution in [0.2, 0.25) is 5.28 Å². The Hall–Kier alpha value is -0.910. The number of nitrogens with one attached hydrogen (secondary N) is 1. The largest absolute Gasteiger partial charge is 0.381 e. The Bertz CT molecular complexity index is 655. The van der Waals surface area contributed by atoms with Crippen LogP contribution in [0.5, 0.6) is 0 Å². The molecule has 3 rings (SSSR count). The van der Waals surface area contributed by atoms with E-state index in [1.165, 1.54) is 4.88 Å². The molecule has 1 aliphatic carbocycles. The molecule has 6 heteroatoms. The molecule has 4 nitrogen and oxygen atoms in total. The Morgan fingerprint density at radius 2 is 2.20 bits per heavy atom. The van der Waals surface area contributed by atoms with Gasteiger partial charge in [-0.15, -0.1) is 11.3 Å². The Balaban J connectivity index is 1.92. The third-order valence-electron chi connectivity index (χ3n) is 4.26. The van der Waals surface area contributed by atoms with Gasteiger partial charge < -0.3 is 10.1 Å². The smallest absolute Gasteiger partial charge is 0.225 e. The molecule has 20 heavy (non-hydrogen) atoms. The molecular weight excluding hydrogens is 294 g/mol. The summed E-state index contributed by atoms with van der Waals surface area (Å²) in [5, 5.41) is 4.86. The first-order valence-corrected chi connectivity index (χ1v) is 7.84. The van der Waals surface area contributed by atoms with E-state index in [1.54, 1.807) is 18.4 Å². The fraction of sp³-hybridized carbons (Fsp3) is 0.571. The van der Waals surface area contributed by atoms with Crippen LogP contribution in [-0.2, 0) is 4.74 Å². The van der Waals surface area contributed by atoms with E-state index < -0.39 is 0 Å². The lowest BCUT2D eigenvalue weighted by atomic mass is 9.64. The van der Waals surface area contributed by atoms with Crippen molar-refractivity contribution in [3.8, 4) is 0 Å². The number of ether oxygens (including phenoxy) is 1. The molecule has 0 aromatic carbocycles. The first-order chi connectivity index (χ1) is 9.41. The average molecular weight is 312 g/mol. The molecule has 0 radical (unpaired) electrons. The predicted octanol–water partition coefficient (Wildman–Crippen LogP) is 3.88. The quantitative estimate of drug-likeness (QED) is 0.874. The molecule has 0 aliphatic heterocycles. The van der Waals surface area contributed by atoms with Gasteiger partial charge in [-0.1, -0.05) is 13.8 Å². The van der Waals surface area contributed by atoms with Gasteiger partial charge in [-0.25, -0.2) is 9.97 Å². The number of aryl methyl sites for hydroxylation is 1. The summed E-state index contributed by atoms with van der Waals surface area (Å²) >= 11 is 7.66. The molecule has 1 aliphatic rings. The highest BCUT2D eigenvalue weighted by Gasteiger charge is 2.48. The zero-order valence-corrected chi connectivity index (χ0v) is 13.6. The van der Waals surface area contributed by atoms with E-state index in [9.17, 15) is 0 Å². The van der Waals surface area contributed by atoms with E-state index in [0.717, 1.165) is 22.5 Å². The van der Waals surface area contributed by atoms with Crippen molar-refractivity contribution < 1.29 is 4.74 Å².